The van der Waals surface area contributed by atoms with E-state index >= 15 is 0 Å². The summed E-state index contributed by atoms with van der Waals surface area (Å²) in [4.78, 5) is 0. The van der Waals surface area contributed by atoms with Crippen LogP contribution in [0.25, 0.3) is 0 Å². The molecule has 0 aromatic heterocycles. The molecule has 1 unspecified atom stereocenters. The van der Waals surface area contributed by atoms with Gasteiger partial charge >= 0.3 is 0 Å². The summed E-state index contributed by atoms with van der Waals surface area (Å²) in [5.74, 6) is 1.46. The number of hydrogen-bond donors (Lipinski definition) is 1. The van der Waals surface area contributed by atoms with Crippen molar-refractivity contribution in [1.29, 1.82) is 0 Å². The van der Waals surface area contributed by atoms with Crippen molar-refractivity contribution in [1.82, 2.24) is 0 Å². The molecule has 180 valence electrons. The van der Waals surface area contributed by atoms with Crippen molar-refractivity contribution in [3.05, 3.63) is 23.8 Å². The Balaban J connectivity index is 1.96. The van der Waals surface area contributed by atoms with Crippen molar-refractivity contribution in [2.24, 2.45) is 23.7 Å². The van der Waals surface area contributed by atoms with Gasteiger partial charge in [-0.25, -0.2) is 0 Å². The van der Waals surface area contributed by atoms with Crippen LogP contribution in [0, 0.1) is 23.7 Å². The molecular formula is C25H44O6. The molecule has 1 N–H and O–H groups in total. The summed E-state index contributed by atoms with van der Waals surface area (Å²) in [6.45, 7) is 8.51. The van der Waals surface area contributed by atoms with Crippen LogP contribution in [0.5, 0.6) is 0 Å². The van der Waals surface area contributed by atoms with Gasteiger partial charge in [0.1, 0.15) is 12.2 Å². The zero-order valence-corrected chi connectivity index (χ0v) is 20.6. The van der Waals surface area contributed by atoms with E-state index in [4.69, 9.17) is 23.7 Å². The summed E-state index contributed by atoms with van der Waals surface area (Å²) in [5.41, 5.74) is 1.04. The van der Waals surface area contributed by atoms with Crippen LogP contribution >= 0.6 is 0 Å². The molecule has 2 aliphatic rings. The second-order valence-electron chi connectivity index (χ2n) is 9.18. The van der Waals surface area contributed by atoms with Gasteiger partial charge in [0.25, 0.3) is 0 Å². The molecule has 6 nitrogen and oxygen atoms in total. The monoisotopic (exact) mass is 440 g/mol. The minimum Gasteiger partial charge on any atom is -0.392 e. The molecule has 0 aromatic carbocycles. The zero-order chi connectivity index (χ0) is 23.1. The second-order valence-corrected chi connectivity index (χ2v) is 9.18. The van der Waals surface area contributed by atoms with Crippen LogP contribution in [0.4, 0.5) is 0 Å². The molecule has 1 aliphatic heterocycles. The number of rotatable bonds is 12. The average Bonchev–Trinajstić information content (AvgIpc) is 3.58. The van der Waals surface area contributed by atoms with Gasteiger partial charge in [0, 0.05) is 40.8 Å². The number of hydrogen-bond acceptors (Lipinski definition) is 6. The Morgan fingerprint density at radius 1 is 1.06 bits per heavy atom. The summed E-state index contributed by atoms with van der Waals surface area (Å²) in [7, 11) is 6.80. The number of methoxy groups -OCH3 is 4. The molecule has 0 aromatic rings. The van der Waals surface area contributed by atoms with Crippen LogP contribution in [-0.2, 0) is 23.7 Å². The number of aliphatic hydroxyl groups excluding tert-OH is 1. The minimum atomic E-state index is -0.333. The lowest BCUT2D eigenvalue weighted by Gasteiger charge is -2.40. The standard InChI is InChI=1S/C25H44O6/c1-9-20(27-5)17(4)18-13-19(18)23(26)15(2)11-10-12-16(3)24-25(30-8)21(28-6)14-22(29-7)31-24/h10-12,15,17-26H,9,13-14H2,1-8H3/b11-10+,16-12+/t15-,17-,18+,19?,20-,21-,22+,23+,24+,25+/m0/s1. The Hall–Kier alpha value is -0.760. The zero-order valence-electron chi connectivity index (χ0n) is 20.6. The third kappa shape index (κ3) is 6.62. The van der Waals surface area contributed by atoms with E-state index in [1.807, 2.05) is 19.1 Å². The first kappa shape index (κ1) is 26.5. The molecule has 0 amide bonds. The lowest BCUT2D eigenvalue weighted by atomic mass is 9.91. The van der Waals surface area contributed by atoms with Gasteiger partial charge in [-0.1, -0.05) is 39.0 Å². The van der Waals surface area contributed by atoms with Crippen molar-refractivity contribution in [2.45, 2.75) is 83.8 Å². The van der Waals surface area contributed by atoms with E-state index in [9.17, 15) is 5.11 Å². The van der Waals surface area contributed by atoms with Gasteiger partial charge < -0.3 is 28.8 Å². The van der Waals surface area contributed by atoms with Crippen LogP contribution < -0.4 is 0 Å². The summed E-state index contributed by atoms with van der Waals surface area (Å²) in [5, 5.41) is 10.8. The highest BCUT2D eigenvalue weighted by molar-refractivity contribution is 5.18. The fraction of sp³-hybridized carbons (Fsp3) is 0.840. The highest BCUT2D eigenvalue weighted by atomic mass is 16.7. The third-order valence-electron chi connectivity index (χ3n) is 7.28. The van der Waals surface area contributed by atoms with Gasteiger partial charge in [0.15, 0.2) is 6.29 Å². The highest BCUT2D eigenvalue weighted by Gasteiger charge is 2.48. The first-order valence-corrected chi connectivity index (χ1v) is 11.6. The Bertz CT molecular complexity index is 587. The van der Waals surface area contributed by atoms with Crippen LogP contribution in [0.1, 0.15) is 47.0 Å². The molecule has 0 bridgehead atoms. The predicted molar refractivity (Wildman–Crippen MR) is 122 cm³/mol. The molecule has 0 spiro atoms. The maximum atomic E-state index is 10.8. The van der Waals surface area contributed by atoms with E-state index in [1.54, 1.807) is 28.4 Å². The SMILES string of the molecule is CC[C@H](OC)[C@@H](C)[C@H]1CC1[C@H](O)[C@@H](C)/C=C/C=C(\C)[C@H]1O[C@@H](OC)C[C@H](OC)[C@H]1OC. The van der Waals surface area contributed by atoms with Crippen LogP contribution in [0.15, 0.2) is 23.8 Å². The van der Waals surface area contributed by atoms with Gasteiger partial charge in [-0.05, 0) is 43.1 Å². The fourth-order valence-corrected chi connectivity index (χ4v) is 5.08. The van der Waals surface area contributed by atoms with Crippen LogP contribution in [0.2, 0.25) is 0 Å². The van der Waals surface area contributed by atoms with Gasteiger partial charge in [-0.2, -0.15) is 0 Å². The lowest BCUT2D eigenvalue weighted by Crippen LogP contribution is -2.51. The predicted octanol–water partition coefficient (Wildman–Crippen LogP) is 3.97. The first-order chi connectivity index (χ1) is 14.8. The normalized spacial score (nSPS) is 35.7. The Labute approximate surface area is 188 Å². The largest absolute Gasteiger partial charge is 0.392 e. The molecule has 2 fully saturated rings. The lowest BCUT2D eigenvalue weighted by molar-refractivity contribution is -0.241. The average molecular weight is 441 g/mol. The molecule has 31 heavy (non-hydrogen) atoms. The van der Waals surface area contributed by atoms with E-state index in [0.29, 0.717) is 24.2 Å². The highest BCUT2D eigenvalue weighted by Crippen LogP contribution is 2.49. The molecule has 2 rings (SSSR count). The molecule has 1 heterocycles. The first-order valence-electron chi connectivity index (χ1n) is 11.6. The molecule has 10 atom stereocenters. The summed E-state index contributed by atoms with van der Waals surface area (Å²) in [6, 6.07) is 0. The number of ether oxygens (including phenoxy) is 5. The van der Waals surface area contributed by atoms with Gasteiger partial charge in [-0.3, -0.25) is 0 Å². The van der Waals surface area contributed by atoms with Crippen molar-refractivity contribution in [3.8, 4) is 0 Å². The molecular weight excluding hydrogens is 396 g/mol. The topological polar surface area (TPSA) is 66.4 Å². The van der Waals surface area contributed by atoms with E-state index in [-0.39, 0.29) is 42.7 Å². The maximum absolute atomic E-state index is 10.8. The minimum absolute atomic E-state index is 0.0813. The third-order valence-corrected chi connectivity index (χ3v) is 7.28. The summed E-state index contributed by atoms with van der Waals surface area (Å²) < 4.78 is 28.4. The Morgan fingerprint density at radius 3 is 2.32 bits per heavy atom. The quantitative estimate of drug-likeness (QED) is 0.463. The molecule has 6 heteroatoms. The molecule has 1 saturated heterocycles. The fourth-order valence-electron chi connectivity index (χ4n) is 5.08. The van der Waals surface area contributed by atoms with Crippen molar-refractivity contribution >= 4 is 0 Å². The van der Waals surface area contributed by atoms with Crippen LogP contribution in [0.3, 0.4) is 0 Å². The van der Waals surface area contributed by atoms with E-state index < -0.39 is 0 Å². The molecule has 0 radical (unpaired) electrons. The Morgan fingerprint density at radius 2 is 1.77 bits per heavy atom. The van der Waals surface area contributed by atoms with E-state index in [0.717, 1.165) is 18.4 Å². The summed E-state index contributed by atoms with van der Waals surface area (Å²) >= 11 is 0. The van der Waals surface area contributed by atoms with E-state index in [2.05, 4.69) is 26.8 Å². The van der Waals surface area contributed by atoms with Crippen molar-refractivity contribution < 1.29 is 28.8 Å². The van der Waals surface area contributed by atoms with Gasteiger partial charge in [0.2, 0.25) is 0 Å². The number of allylic oxidation sites excluding steroid dienone is 2. The molecule has 1 saturated carbocycles. The van der Waals surface area contributed by atoms with Crippen LogP contribution in [-0.4, -0.2) is 70.4 Å². The van der Waals surface area contributed by atoms with Crippen molar-refractivity contribution in [2.75, 3.05) is 28.4 Å². The number of aliphatic hydroxyl groups is 1. The smallest absolute Gasteiger partial charge is 0.160 e. The van der Waals surface area contributed by atoms with E-state index in [1.165, 1.54) is 0 Å². The molecule has 1 aliphatic carbocycles. The Kier molecular flexibility index (Phi) is 10.7. The second kappa shape index (κ2) is 12.5. The maximum Gasteiger partial charge on any atom is 0.160 e. The summed E-state index contributed by atoms with van der Waals surface area (Å²) in [6.07, 6.45) is 7.96. The van der Waals surface area contributed by atoms with Gasteiger partial charge in [-0.15, -0.1) is 0 Å². The van der Waals surface area contributed by atoms with Gasteiger partial charge in [0.05, 0.1) is 18.3 Å². The van der Waals surface area contributed by atoms with Crippen molar-refractivity contribution in [3.63, 3.8) is 0 Å².